The first-order chi connectivity index (χ1) is 15.6. The van der Waals surface area contributed by atoms with Crippen molar-refractivity contribution in [2.45, 2.75) is 43.0 Å². The maximum atomic E-state index is 13.3. The number of likely N-dealkylation sites (tertiary alicyclic amines) is 1. The average molecular weight is 474 g/mol. The van der Waals surface area contributed by atoms with Crippen molar-refractivity contribution < 1.29 is 21.6 Å². The summed E-state index contributed by atoms with van der Waals surface area (Å²) in [5.41, 5.74) is 1.02. The Hall–Kier alpha value is -2.38. The van der Waals surface area contributed by atoms with E-state index in [4.69, 9.17) is 0 Å². The largest absolute Gasteiger partial charge is 0.501 e. The molecular weight excluding hydrogens is 447 g/mol. The van der Waals surface area contributed by atoms with Crippen LogP contribution in [0.3, 0.4) is 0 Å². The van der Waals surface area contributed by atoms with Crippen LogP contribution in [0.25, 0.3) is 17.7 Å². The summed E-state index contributed by atoms with van der Waals surface area (Å²) in [4.78, 5) is 1.77. The highest BCUT2D eigenvalue weighted by Crippen LogP contribution is 2.42. The molecule has 1 aliphatic heterocycles. The summed E-state index contributed by atoms with van der Waals surface area (Å²) in [6, 6.07) is 9.86. The molecule has 1 saturated carbocycles. The van der Waals surface area contributed by atoms with E-state index in [-0.39, 0.29) is 0 Å². The van der Waals surface area contributed by atoms with Gasteiger partial charge in [0, 0.05) is 19.6 Å². The van der Waals surface area contributed by atoms with Crippen LogP contribution in [0, 0.1) is 12.8 Å². The third-order valence-electron chi connectivity index (χ3n) is 6.86. The van der Waals surface area contributed by atoms with Crippen molar-refractivity contribution in [3.05, 3.63) is 69.8 Å². The molecule has 0 bridgehead atoms. The molecule has 1 saturated heterocycles. The first-order valence-corrected chi connectivity index (χ1v) is 12.8. The molecule has 33 heavy (non-hydrogen) atoms. The van der Waals surface area contributed by atoms with E-state index < -0.39 is 20.2 Å². The lowest BCUT2D eigenvalue weighted by atomic mass is 9.85. The molecule has 5 rings (SSSR count). The Kier molecular flexibility index (Phi) is 5.52. The van der Waals surface area contributed by atoms with Gasteiger partial charge in [-0.1, -0.05) is 47.6 Å². The minimum Gasteiger partial charge on any atom is -0.302 e. The van der Waals surface area contributed by atoms with E-state index in [1.807, 2.05) is 31.2 Å². The second-order valence-electron chi connectivity index (χ2n) is 9.34. The zero-order chi connectivity index (χ0) is 23.4. The fraction of sp³-hybridized carbons (Fsp3) is 0.385. The Morgan fingerprint density at radius 2 is 1.55 bits per heavy atom. The Bertz CT molecular complexity index is 1260. The van der Waals surface area contributed by atoms with E-state index in [2.05, 4.69) is 11.0 Å². The smallest absolute Gasteiger partial charge is 0.302 e. The summed E-state index contributed by atoms with van der Waals surface area (Å²) in [6.45, 7) is 4.94. The highest BCUT2D eigenvalue weighted by atomic mass is 32.2. The quantitative estimate of drug-likeness (QED) is 0.463. The van der Waals surface area contributed by atoms with Crippen LogP contribution in [0.5, 0.6) is 0 Å². The zero-order valence-corrected chi connectivity index (χ0v) is 19.3. The molecule has 1 heterocycles. The first-order valence-electron chi connectivity index (χ1n) is 11.3. The number of piperidine rings is 1. The van der Waals surface area contributed by atoms with Crippen molar-refractivity contribution in [3.8, 4) is 0 Å². The van der Waals surface area contributed by atoms with E-state index >= 15 is 0 Å². The third-order valence-corrected chi connectivity index (χ3v) is 8.34. The molecule has 174 valence electrons. The van der Waals surface area contributed by atoms with E-state index in [0.29, 0.717) is 5.56 Å². The van der Waals surface area contributed by atoms with Crippen LogP contribution >= 0.6 is 0 Å². The molecular formula is C26H26F3NO2S. The highest BCUT2D eigenvalue weighted by molar-refractivity contribution is 7.92. The molecule has 3 nitrogen and oxygen atoms in total. The Balaban J connectivity index is 1.65. The average Bonchev–Trinajstić information content (AvgIpc) is 3.59. The maximum Gasteiger partial charge on any atom is 0.501 e. The first kappa shape index (κ1) is 22.4. The van der Waals surface area contributed by atoms with Gasteiger partial charge in [0.1, 0.15) is 0 Å². The summed E-state index contributed by atoms with van der Waals surface area (Å²) < 4.78 is 64.3. The summed E-state index contributed by atoms with van der Waals surface area (Å²) in [5, 5.41) is 0. The number of alkyl halides is 3. The van der Waals surface area contributed by atoms with Gasteiger partial charge in [0.25, 0.3) is 9.84 Å². The molecule has 0 amide bonds. The topological polar surface area (TPSA) is 37.4 Å². The number of hydrogen-bond acceptors (Lipinski definition) is 3. The molecule has 0 atom stereocenters. The number of benzene rings is 2. The molecule has 3 aliphatic rings. The van der Waals surface area contributed by atoms with Crippen LogP contribution in [0.1, 0.15) is 53.5 Å². The fourth-order valence-electron chi connectivity index (χ4n) is 4.86. The van der Waals surface area contributed by atoms with Gasteiger partial charge in [-0.05, 0) is 78.5 Å². The van der Waals surface area contributed by atoms with E-state index in [9.17, 15) is 21.6 Å². The molecule has 0 spiro atoms. The molecule has 0 N–H and O–H groups in total. The Morgan fingerprint density at radius 3 is 2.15 bits per heavy atom. The van der Waals surface area contributed by atoms with Crippen molar-refractivity contribution in [1.82, 2.24) is 4.90 Å². The molecule has 2 aromatic rings. The fourth-order valence-corrected chi connectivity index (χ4v) is 5.64. The summed E-state index contributed by atoms with van der Waals surface area (Å²) in [7, 11) is -5.43. The number of fused-ring (bicyclic) bond motifs is 2. The summed E-state index contributed by atoms with van der Waals surface area (Å²) in [5.74, 6) is 0.806. The third kappa shape index (κ3) is 4.28. The van der Waals surface area contributed by atoms with Crippen LogP contribution < -0.4 is 0 Å². The Morgan fingerprint density at radius 1 is 0.939 bits per heavy atom. The van der Waals surface area contributed by atoms with Crippen LogP contribution in [0.4, 0.5) is 13.2 Å². The van der Waals surface area contributed by atoms with Crippen molar-refractivity contribution in [2.75, 3.05) is 19.6 Å². The van der Waals surface area contributed by atoms with Crippen molar-refractivity contribution in [2.24, 2.45) is 5.92 Å². The Labute approximate surface area is 192 Å². The lowest BCUT2D eigenvalue weighted by Crippen LogP contribution is -2.32. The predicted octanol–water partition coefficient (Wildman–Crippen LogP) is 6.08. The zero-order valence-electron chi connectivity index (χ0n) is 18.5. The number of rotatable bonds is 3. The second kappa shape index (κ2) is 8.13. The van der Waals surface area contributed by atoms with E-state index in [1.54, 1.807) is 0 Å². The van der Waals surface area contributed by atoms with Crippen molar-refractivity contribution in [3.63, 3.8) is 0 Å². The van der Waals surface area contributed by atoms with Crippen LogP contribution in [-0.4, -0.2) is 38.5 Å². The van der Waals surface area contributed by atoms with Gasteiger partial charge in [-0.15, -0.1) is 0 Å². The normalized spacial score (nSPS) is 19.3. The standard InChI is InChI=1S/C26H26F3NO2S/c1-17-2-5-19-6-7-20-8-9-22(33(31,32)26(27,28)29)15-24(20)25(23(19)14-17)21-10-12-30(13-11-21)16-18-3-4-18/h2,5-9,14-15,18H,3-4,10-13,16H2,1H3. The molecule has 0 unspecified atom stereocenters. The van der Waals surface area contributed by atoms with Gasteiger partial charge in [0.15, 0.2) is 0 Å². The van der Waals surface area contributed by atoms with Gasteiger partial charge in [-0.2, -0.15) is 13.2 Å². The highest BCUT2D eigenvalue weighted by Gasteiger charge is 2.47. The lowest BCUT2D eigenvalue weighted by molar-refractivity contribution is -0.0436. The van der Waals surface area contributed by atoms with Gasteiger partial charge >= 0.3 is 5.51 Å². The molecule has 7 heteroatoms. The number of aryl methyl sites for hydroxylation is 1. The molecule has 2 fully saturated rings. The summed E-state index contributed by atoms with van der Waals surface area (Å²) in [6.07, 6.45) is 8.07. The van der Waals surface area contributed by atoms with E-state index in [1.165, 1.54) is 30.5 Å². The lowest BCUT2D eigenvalue weighted by Gasteiger charge is -2.30. The molecule has 2 aliphatic carbocycles. The summed E-state index contributed by atoms with van der Waals surface area (Å²) >= 11 is 0. The van der Waals surface area contributed by atoms with E-state index in [0.717, 1.165) is 72.3 Å². The van der Waals surface area contributed by atoms with Crippen molar-refractivity contribution >= 4 is 27.6 Å². The van der Waals surface area contributed by atoms with Crippen LogP contribution in [0.2, 0.25) is 0 Å². The second-order valence-corrected chi connectivity index (χ2v) is 11.3. The predicted molar refractivity (Wildman–Crippen MR) is 124 cm³/mol. The van der Waals surface area contributed by atoms with Gasteiger partial charge < -0.3 is 4.90 Å². The maximum absolute atomic E-state index is 13.3. The number of sulfone groups is 1. The monoisotopic (exact) mass is 473 g/mol. The van der Waals surface area contributed by atoms with Gasteiger partial charge in [0.05, 0.1) is 4.90 Å². The van der Waals surface area contributed by atoms with Crippen LogP contribution in [0.15, 0.2) is 46.9 Å². The molecule has 0 aromatic heterocycles. The van der Waals surface area contributed by atoms with Gasteiger partial charge in [-0.3, -0.25) is 0 Å². The number of halogens is 3. The SMILES string of the molecule is Cc1ccc2c(c1)C(=C1CCN(CC3CC3)CC1)c1cc(S(=O)(=O)C(F)(F)F)ccc1C=C2. The van der Waals surface area contributed by atoms with Crippen molar-refractivity contribution in [1.29, 1.82) is 0 Å². The minimum absolute atomic E-state index is 0.562. The minimum atomic E-state index is -5.43. The molecule has 0 radical (unpaired) electrons. The van der Waals surface area contributed by atoms with Gasteiger partial charge in [-0.25, -0.2) is 8.42 Å². The van der Waals surface area contributed by atoms with Gasteiger partial charge in [0.2, 0.25) is 0 Å². The molecule has 2 aromatic carbocycles. The number of hydrogen-bond donors (Lipinski definition) is 0. The number of nitrogens with zero attached hydrogens (tertiary/aromatic N) is 1. The van der Waals surface area contributed by atoms with Crippen LogP contribution in [-0.2, 0) is 9.84 Å².